The Morgan fingerprint density at radius 2 is 1.96 bits per heavy atom. The van der Waals surface area contributed by atoms with Crippen LogP contribution in [-0.2, 0) is 16.1 Å². The van der Waals surface area contributed by atoms with Crippen LogP contribution in [0.2, 0.25) is 0 Å². The zero-order valence-electron chi connectivity index (χ0n) is 16.9. The van der Waals surface area contributed by atoms with Gasteiger partial charge in [-0.3, -0.25) is 14.3 Å². The summed E-state index contributed by atoms with van der Waals surface area (Å²) in [5.41, 5.74) is 1.36. The third-order valence-corrected chi connectivity index (χ3v) is 5.20. The van der Waals surface area contributed by atoms with E-state index in [2.05, 4.69) is 24.1 Å². The van der Waals surface area contributed by atoms with E-state index in [1.807, 2.05) is 18.2 Å². The first-order valence-electron chi connectivity index (χ1n) is 10.2. The van der Waals surface area contributed by atoms with Crippen molar-refractivity contribution in [2.75, 3.05) is 32.8 Å². The molecule has 28 heavy (non-hydrogen) atoms. The molecule has 7 heteroatoms. The lowest BCUT2D eigenvalue weighted by Gasteiger charge is -2.35. The summed E-state index contributed by atoms with van der Waals surface area (Å²) in [5, 5.41) is 3.09. The van der Waals surface area contributed by atoms with Gasteiger partial charge < -0.3 is 14.5 Å². The van der Waals surface area contributed by atoms with Crippen LogP contribution in [0.25, 0.3) is 11.1 Å². The van der Waals surface area contributed by atoms with Gasteiger partial charge in [-0.1, -0.05) is 26.0 Å². The fourth-order valence-electron chi connectivity index (χ4n) is 3.79. The van der Waals surface area contributed by atoms with Gasteiger partial charge in [-0.2, -0.15) is 0 Å². The zero-order valence-corrected chi connectivity index (χ0v) is 16.9. The number of fused-ring (bicyclic) bond motifs is 1. The van der Waals surface area contributed by atoms with E-state index in [9.17, 15) is 9.59 Å². The number of benzene rings is 1. The summed E-state index contributed by atoms with van der Waals surface area (Å²) in [6.07, 6.45) is 2.04. The van der Waals surface area contributed by atoms with E-state index < -0.39 is 0 Å². The summed E-state index contributed by atoms with van der Waals surface area (Å²) in [4.78, 5) is 26.7. The van der Waals surface area contributed by atoms with Crippen LogP contribution < -0.4 is 11.1 Å². The van der Waals surface area contributed by atoms with Gasteiger partial charge in [-0.05, 0) is 30.9 Å². The van der Waals surface area contributed by atoms with Crippen molar-refractivity contribution >= 4 is 17.0 Å². The first-order valence-corrected chi connectivity index (χ1v) is 10.2. The molecule has 1 N–H and O–H groups in total. The van der Waals surface area contributed by atoms with Gasteiger partial charge in [0.05, 0.1) is 18.7 Å². The Balaban J connectivity index is 1.47. The summed E-state index contributed by atoms with van der Waals surface area (Å²) < 4.78 is 12.3. The van der Waals surface area contributed by atoms with Crippen LogP contribution in [0.1, 0.15) is 33.1 Å². The minimum atomic E-state index is -0.370. The number of carbonyl (C=O) groups excluding carboxylic acids is 1. The van der Waals surface area contributed by atoms with Crippen LogP contribution in [0.3, 0.4) is 0 Å². The van der Waals surface area contributed by atoms with Crippen molar-refractivity contribution in [1.82, 2.24) is 14.8 Å². The molecule has 1 unspecified atom stereocenters. The molecule has 1 fully saturated rings. The van der Waals surface area contributed by atoms with Gasteiger partial charge in [-0.25, -0.2) is 4.79 Å². The van der Waals surface area contributed by atoms with Crippen molar-refractivity contribution in [3.8, 4) is 0 Å². The molecule has 0 spiro atoms. The van der Waals surface area contributed by atoms with Gasteiger partial charge in [0.2, 0.25) is 5.91 Å². The Morgan fingerprint density at radius 1 is 1.21 bits per heavy atom. The molecule has 1 aliphatic heterocycles. The first-order chi connectivity index (χ1) is 13.5. The van der Waals surface area contributed by atoms with Gasteiger partial charge in [0.15, 0.2) is 5.58 Å². The number of hydrogen-bond acceptors (Lipinski definition) is 5. The van der Waals surface area contributed by atoms with E-state index in [4.69, 9.17) is 9.15 Å². The SMILES string of the molecule is CC(C)CC(CNC(=O)CCCn1c(=O)oc2ccccc21)N1CCOCC1. The molecule has 2 aromatic rings. The van der Waals surface area contributed by atoms with E-state index in [0.717, 1.165) is 38.2 Å². The Bertz CT molecular complexity index is 820. The molecule has 0 saturated carbocycles. The fourth-order valence-corrected chi connectivity index (χ4v) is 3.79. The van der Waals surface area contributed by atoms with E-state index in [1.165, 1.54) is 0 Å². The molecular formula is C21H31N3O4. The van der Waals surface area contributed by atoms with Gasteiger partial charge in [0.1, 0.15) is 0 Å². The van der Waals surface area contributed by atoms with Crippen molar-refractivity contribution in [3.63, 3.8) is 0 Å². The summed E-state index contributed by atoms with van der Waals surface area (Å²) in [6, 6.07) is 7.69. The van der Waals surface area contributed by atoms with Gasteiger partial charge in [0.25, 0.3) is 0 Å². The molecule has 0 bridgehead atoms. The topological polar surface area (TPSA) is 76.7 Å². The number of nitrogens with zero attached hydrogens (tertiary/aromatic N) is 2. The van der Waals surface area contributed by atoms with Crippen molar-refractivity contribution < 1.29 is 13.9 Å². The van der Waals surface area contributed by atoms with Crippen LogP contribution in [0, 0.1) is 5.92 Å². The highest BCUT2D eigenvalue weighted by Crippen LogP contribution is 2.14. The second-order valence-corrected chi connectivity index (χ2v) is 7.83. The highest BCUT2D eigenvalue weighted by molar-refractivity contribution is 5.76. The molecule has 1 saturated heterocycles. The number of ether oxygens (including phenoxy) is 1. The lowest BCUT2D eigenvalue weighted by atomic mass is 10.0. The standard InChI is InChI=1S/C21H31N3O4/c1-16(2)14-17(23-10-12-27-13-11-23)15-22-20(25)8-5-9-24-18-6-3-4-7-19(18)28-21(24)26/h3-4,6-7,16-17H,5,8-15H2,1-2H3,(H,22,25). The number of oxazole rings is 1. The molecule has 1 aliphatic rings. The van der Waals surface area contributed by atoms with Gasteiger partial charge >= 0.3 is 5.76 Å². The van der Waals surface area contributed by atoms with E-state index in [0.29, 0.717) is 43.5 Å². The van der Waals surface area contributed by atoms with E-state index in [1.54, 1.807) is 10.6 Å². The molecule has 154 valence electrons. The predicted molar refractivity (Wildman–Crippen MR) is 108 cm³/mol. The van der Waals surface area contributed by atoms with E-state index >= 15 is 0 Å². The summed E-state index contributed by atoms with van der Waals surface area (Å²) in [6.45, 7) is 8.91. The third-order valence-electron chi connectivity index (χ3n) is 5.20. The number of para-hydroxylation sites is 2. The normalized spacial score (nSPS) is 16.5. The maximum Gasteiger partial charge on any atom is 0.419 e. The number of hydrogen-bond donors (Lipinski definition) is 1. The van der Waals surface area contributed by atoms with Crippen LogP contribution in [0.5, 0.6) is 0 Å². The van der Waals surface area contributed by atoms with E-state index in [-0.39, 0.29) is 11.7 Å². The maximum absolute atomic E-state index is 12.3. The molecule has 0 radical (unpaired) electrons. The smallest absolute Gasteiger partial charge is 0.408 e. The number of aryl methyl sites for hydroxylation is 1. The molecule has 2 heterocycles. The van der Waals surface area contributed by atoms with Gasteiger partial charge in [-0.15, -0.1) is 0 Å². The quantitative estimate of drug-likeness (QED) is 0.712. The summed E-state index contributed by atoms with van der Waals surface area (Å²) >= 11 is 0. The summed E-state index contributed by atoms with van der Waals surface area (Å²) in [7, 11) is 0. The second-order valence-electron chi connectivity index (χ2n) is 7.83. The average molecular weight is 389 g/mol. The second kappa shape index (κ2) is 9.89. The Kier molecular flexibility index (Phi) is 7.28. The molecule has 3 rings (SSSR count). The average Bonchev–Trinajstić information content (AvgIpc) is 3.01. The fraction of sp³-hybridized carbons (Fsp3) is 0.619. The zero-order chi connectivity index (χ0) is 19.9. The van der Waals surface area contributed by atoms with Crippen LogP contribution in [0.15, 0.2) is 33.5 Å². The Morgan fingerprint density at radius 3 is 2.71 bits per heavy atom. The highest BCUT2D eigenvalue weighted by Gasteiger charge is 2.22. The largest absolute Gasteiger partial charge is 0.419 e. The third kappa shape index (κ3) is 5.45. The maximum atomic E-state index is 12.3. The minimum absolute atomic E-state index is 0.0304. The molecule has 1 aromatic heterocycles. The highest BCUT2D eigenvalue weighted by atomic mass is 16.5. The molecule has 0 aliphatic carbocycles. The van der Waals surface area contributed by atoms with Crippen LogP contribution in [0.4, 0.5) is 0 Å². The molecule has 1 atom stereocenters. The summed E-state index contributed by atoms with van der Waals surface area (Å²) in [5.74, 6) is 0.236. The van der Waals surface area contributed by atoms with Crippen molar-refractivity contribution in [1.29, 1.82) is 0 Å². The van der Waals surface area contributed by atoms with Crippen LogP contribution in [-0.4, -0.2) is 54.3 Å². The monoisotopic (exact) mass is 389 g/mol. The lowest BCUT2D eigenvalue weighted by molar-refractivity contribution is -0.121. The Hall–Kier alpha value is -2.12. The number of nitrogens with one attached hydrogen (secondary N) is 1. The van der Waals surface area contributed by atoms with Crippen molar-refractivity contribution in [3.05, 3.63) is 34.8 Å². The number of rotatable bonds is 9. The Labute approximate surface area is 165 Å². The number of aromatic nitrogens is 1. The number of morpholine rings is 1. The lowest BCUT2D eigenvalue weighted by Crippen LogP contribution is -2.49. The molecule has 1 aromatic carbocycles. The van der Waals surface area contributed by atoms with Crippen molar-refractivity contribution in [2.24, 2.45) is 5.92 Å². The molecule has 7 nitrogen and oxygen atoms in total. The number of carbonyl (C=O) groups is 1. The first kappa shape index (κ1) is 20.6. The van der Waals surface area contributed by atoms with Crippen molar-refractivity contribution in [2.45, 2.75) is 45.7 Å². The molecule has 1 amide bonds. The predicted octanol–water partition coefficient (Wildman–Crippen LogP) is 2.24. The van der Waals surface area contributed by atoms with Gasteiger partial charge in [0, 0.05) is 38.6 Å². The minimum Gasteiger partial charge on any atom is -0.408 e. The van der Waals surface area contributed by atoms with Crippen LogP contribution >= 0.6 is 0 Å². The molecular weight excluding hydrogens is 358 g/mol. The number of amides is 1.